The summed E-state index contributed by atoms with van der Waals surface area (Å²) in [5.41, 5.74) is 0.711. The minimum Gasteiger partial charge on any atom is -0.508 e. The Balaban J connectivity index is 2.71. The van der Waals surface area contributed by atoms with E-state index in [1.54, 1.807) is 12.1 Å². The van der Waals surface area contributed by atoms with E-state index in [-0.39, 0.29) is 12.3 Å². The van der Waals surface area contributed by atoms with E-state index in [1.165, 1.54) is 19.2 Å². The summed E-state index contributed by atoms with van der Waals surface area (Å²) in [7, 11) is -5.53. The molecule has 0 aliphatic carbocycles. The van der Waals surface area contributed by atoms with Crippen LogP contribution < -0.4 is 0 Å². The molecule has 19 heavy (non-hydrogen) atoms. The molecule has 0 saturated heterocycles. The quantitative estimate of drug-likeness (QED) is 0.810. The highest BCUT2D eigenvalue weighted by Crippen LogP contribution is 2.13. The Morgan fingerprint density at radius 1 is 1.05 bits per heavy atom. The first-order chi connectivity index (χ1) is 8.60. The van der Waals surface area contributed by atoms with Crippen LogP contribution in [0.15, 0.2) is 24.3 Å². The van der Waals surface area contributed by atoms with Gasteiger partial charge in [0.2, 0.25) is 10.0 Å². The van der Waals surface area contributed by atoms with Gasteiger partial charge in [-0.15, -0.1) is 0 Å². The molecule has 8 heteroatoms. The molecule has 0 spiro atoms. The molecule has 0 bridgehead atoms. The van der Waals surface area contributed by atoms with Gasteiger partial charge < -0.3 is 5.11 Å². The maximum absolute atomic E-state index is 11.9. The van der Waals surface area contributed by atoms with E-state index in [0.29, 0.717) is 5.56 Å². The first-order valence-electron chi connectivity index (χ1n) is 5.50. The van der Waals surface area contributed by atoms with E-state index in [2.05, 4.69) is 0 Å². The predicted molar refractivity (Wildman–Crippen MR) is 73.1 cm³/mol. The summed E-state index contributed by atoms with van der Waals surface area (Å²) >= 11 is 0. The summed E-state index contributed by atoms with van der Waals surface area (Å²) in [6.07, 6.45) is 1.00. The van der Waals surface area contributed by atoms with Crippen molar-refractivity contribution in [2.75, 3.05) is 24.8 Å². The molecule has 0 saturated carbocycles. The lowest BCUT2D eigenvalue weighted by atomic mass is 10.2. The van der Waals surface area contributed by atoms with E-state index in [1.807, 2.05) is 0 Å². The van der Waals surface area contributed by atoms with Gasteiger partial charge in [0.05, 0.1) is 11.5 Å². The van der Waals surface area contributed by atoms with Crippen molar-refractivity contribution >= 4 is 19.9 Å². The molecule has 0 fully saturated rings. The highest BCUT2D eigenvalue weighted by atomic mass is 32.2. The average molecular weight is 307 g/mol. The van der Waals surface area contributed by atoms with Crippen molar-refractivity contribution in [2.45, 2.75) is 6.54 Å². The largest absolute Gasteiger partial charge is 0.508 e. The molecule has 0 amide bonds. The molecule has 1 aromatic carbocycles. The van der Waals surface area contributed by atoms with Crippen molar-refractivity contribution in [3.8, 4) is 5.75 Å². The fraction of sp³-hybridized carbons (Fsp3) is 0.455. The zero-order chi connectivity index (χ0) is 14.7. The Kier molecular flexibility index (Phi) is 4.94. The Morgan fingerprint density at radius 2 is 1.58 bits per heavy atom. The summed E-state index contributed by atoms with van der Waals surface area (Å²) in [6.45, 7) is 0.131. The number of phenols is 1. The lowest BCUT2D eigenvalue weighted by molar-refractivity contribution is 0.464. The molecule has 0 aromatic heterocycles. The maximum Gasteiger partial charge on any atom is 0.215 e. The summed E-state index contributed by atoms with van der Waals surface area (Å²) in [4.78, 5) is 0. The van der Waals surface area contributed by atoms with Crippen molar-refractivity contribution in [3.63, 3.8) is 0 Å². The normalized spacial score (nSPS) is 12.8. The van der Waals surface area contributed by atoms with Gasteiger partial charge in [0.1, 0.15) is 15.6 Å². The predicted octanol–water partition coefficient (Wildman–Crippen LogP) is 0.198. The Labute approximate surface area is 113 Å². The van der Waals surface area contributed by atoms with Crippen molar-refractivity contribution in [1.82, 2.24) is 4.31 Å². The van der Waals surface area contributed by atoms with Crippen molar-refractivity contribution in [3.05, 3.63) is 29.8 Å². The van der Waals surface area contributed by atoms with Crippen LogP contribution in [0.25, 0.3) is 0 Å². The molecule has 108 valence electrons. The van der Waals surface area contributed by atoms with Crippen LogP contribution in [0.5, 0.6) is 5.75 Å². The highest BCUT2D eigenvalue weighted by molar-refractivity contribution is 7.93. The molecule has 0 radical (unpaired) electrons. The summed E-state index contributed by atoms with van der Waals surface area (Å²) < 4.78 is 46.8. The zero-order valence-electron chi connectivity index (χ0n) is 10.8. The minimum atomic E-state index is -3.61. The van der Waals surface area contributed by atoms with Crippen LogP contribution in [0.4, 0.5) is 0 Å². The SMILES string of the molecule is CN(Cc1ccc(O)cc1)S(=O)(=O)CCS(C)(=O)=O. The van der Waals surface area contributed by atoms with Gasteiger partial charge >= 0.3 is 0 Å². The first kappa shape index (κ1) is 15.9. The number of phenolic OH excluding ortho intramolecular Hbond substituents is 1. The third-order valence-corrected chi connectivity index (χ3v) is 5.53. The second-order valence-corrected chi connectivity index (χ2v) is 8.82. The van der Waals surface area contributed by atoms with Crippen LogP contribution in [0.1, 0.15) is 5.56 Å². The van der Waals surface area contributed by atoms with Gasteiger partial charge in [-0.2, -0.15) is 0 Å². The molecule has 0 aliphatic heterocycles. The third kappa shape index (κ3) is 5.58. The second kappa shape index (κ2) is 5.89. The van der Waals surface area contributed by atoms with Gasteiger partial charge in [0.25, 0.3) is 0 Å². The Hall–Kier alpha value is -1.12. The van der Waals surface area contributed by atoms with E-state index in [4.69, 9.17) is 5.11 Å². The topological polar surface area (TPSA) is 91.8 Å². The molecule has 1 rings (SSSR count). The number of benzene rings is 1. The zero-order valence-corrected chi connectivity index (χ0v) is 12.4. The van der Waals surface area contributed by atoms with Crippen LogP contribution in [-0.2, 0) is 26.4 Å². The van der Waals surface area contributed by atoms with Gasteiger partial charge in [0.15, 0.2) is 0 Å². The van der Waals surface area contributed by atoms with Gasteiger partial charge in [0, 0.05) is 19.8 Å². The molecular weight excluding hydrogens is 290 g/mol. The molecule has 1 aromatic rings. The molecule has 0 atom stereocenters. The van der Waals surface area contributed by atoms with Crippen molar-refractivity contribution in [1.29, 1.82) is 0 Å². The first-order valence-corrected chi connectivity index (χ1v) is 9.17. The van der Waals surface area contributed by atoms with Crippen LogP contribution >= 0.6 is 0 Å². The lowest BCUT2D eigenvalue weighted by Crippen LogP contribution is -2.31. The van der Waals surface area contributed by atoms with Crippen LogP contribution in [0.2, 0.25) is 0 Å². The minimum absolute atomic E-state index is 0.103. The fourth-order valence-electron chi connectivity index (χ4n) is 1.37. The summed E-state index contributed by atoms with van der Waals surface area (Å²) in [6, 6.07) is 6.15. The van der Waals surface area contributed by atoms with Crippen molar-refractivity contribution < 1.29 is 21.9 Å². The van der Waals surface area contributed by atoms with Gasteiger partial charge in [-0.1, -0.05) is 12.1 Å². The number of hydrogen-bond acceptors (Lipinski definition) is 5. The fourth-order valence-corrected chi connectivity index (χ4v) is 4.08. The number of rotatable bonds is 6. The van der Waals surface area contributed by atoms with E-state index in [9.17, 15) is 16.8 Å². The average Bonchev–Trinajstić information content (AvgIpc) is 2.29. The smallest absolute Gasteiger partial charge is 0.215 e. The summed E-state index contributed by atoms with van der Waals surface area (Å²) in [5, 5.41) is 9.13. The lowest BCUT2D eigenvalue weighted by Gasteiger charge is -2.17. The number of nitrogens with zero attached hydrogens (tertiary/aromatic N) is 1. The summed E-state index contributed by atoms with van der Waals surface area (Å²) in [5.74, 6) is -0.721. The van der Waals surface area contributed by atoms with Gasteiger partial charge in [-0.3, -0.25) is 0 Å². The van der Waals surface area contributed by atoms with E-state index in [0.717, 1.165) is 10.6 Å². The molecule has 1 N–H and O–H groups in total. The highest BCUT2D eigenvalue weighted by Gasteiger charge is 2.20. The molecule has 6 nitrogen and oxygen atoms in total. The molecule has 0 aliphatic rings. The standard InChI is InChI=1S/C11H17NO5S2/c1-12(9-10-3-5-11(13)6-4-10)19(16,17)8-7-18(2,14)15/h3-6,13H,7-9H2,1-2H3. The monoisotopic (exact) mass is 307 g/mol. The van der Waals surface area contributed by atoms with E-state index < -0.39 is 31.4 Å². The number of sulfone groups is 1. The number of sulfonamides is 1. The van der Waals surface area contributed by atoms with Crippen LogP contribution in [0, 0.1) is 0 Å². The molecular formula is C11H17NO5S2. The van der Waals surface area contributed by atoms with Crippen LogP contribution in [0.3, 0.4) is 0 Å². The Bertz CT molecular complexity index is 620. The number of hydrogen-bond donors (Lipinski definition) is 1. The van der Waals surface area contributed by atoms with Gasteiger partial charge in [-0.05, 0) is 17.7 Å². The van der Waals surface area contributed by atoms with Gasteiger partial charge in [-0.25, -0.2) is 21.1 Å². The Morgan fingerprint density at radius 3 is 2.05 bits per heavy atom. The van der Waals surface area contributed by atoms with Crippen LogP contribution in [-0.4, -0.2) is 51.1 Å². The molecule has 0 heterocycles. The third-order valence-electron chi connectivity index (χ3n) is 2.53. The second-order valence-electron chi connectivity index (χ2n) is 4.37. The van der Waals surface area contributed by atoms with E-state index >= 15 is 0 Å². The molecule has 0 unspecified atom stereocenters. The number of aromatic hydroxyl groups is 1. The van der Waals surface area contributed by atoms with Crippen molar-refractivity contribution in [2.24, 2.45) is 0 Å². The maximum atomic E-state index is 11.9.